The van der Waals surface area contributed by atoms with Crippen LogP contribution in [0.15, 0.2) is 35.1 Å². The molecule has 16 heavy (non-hydrogen) atoms. The summed E-state index contributed by atoms with van der Waals surface area (Å²) < 4.78 is 0.672. The number of pyridine rings is 1. The Morgan fingerprint density at radius 2 is 2.50 bits per heavy atom. The molecular weight excluding hydrogens is 268 g/mol. The first kappa shape index (κ1) is 11.3. The SMILES string of the molecule is O=C(CC1C=CCC1)Nc1cccnc1Br. The summed E-state index contributed by atoms with van der Waals surface area (Å²) in [6.07, 6.45) is 8.67. The highest BCUT2D eigenvalue weighted by molar-refractivity contribution is 9.10. The van der Waals surface area contributed by atoms with E-state index in [1.807, 2.05) is 6.07 Å². The number of nitrogens with one attached hydrogen (secondary N) is 1. The number of hydrogen-bond acceptors (Lipinski definition) is 2. The molecule has 0 bridgehead atoms. The lowest BCUT2D eigenvalue weighted by Crippen LogP contribution is -2.15. The predicted octanol–water partition coefficient (Wildman–Crippen LogP) is 3.14. The summed E-state index contributed by atoms with van der Waals surface area (Å²) in [5.74, 6) is 0.445. The summed E-state index contributed by atoms with van der Waals surface area (Å²) in [7, 11) is 0. The molecule has 1 amide bonds. The van der Waals surface area contributed by atoms with Crippen LogP contribution in [-0.2, 0) is 4.79 Å². The van der Waals surface area contributed by atoms with Crippen LogP contribution < -0.4 is 5.32 Å². The van der Waals surface area contributed by atoms with Crippen LogP contribution in [-0.4, -0.2) is 10.9 Å². The van der Waals surface area contributed by atoms with Gasteiger partial charge in [-0.3, -0.25) is 4.79 Å². The van der Waals surface area contributed by atoms with E-state index in [-0.39, 0.29) is 5.91 Å². The molecule has 3 nitrogen and oxygen atoms in total. The van der Waals surface area contributed by atoms with E-state index < -0.39 is 0 Å². The molecule has 0 radical (unpaired) electrons. The van der Waals surface area contributed by atoms with E-state index >= 15 is 0 Å². The number of carbonyl (C=O) groups is 1. The zero-order chi connectivity index (χ0) is 11.4. The highest BCUT2D eigenvalue weighted by Crippen LogP contribution is 2.22. The molecule has 0 fully saturated rings. The van der Waals surface area contributed by atoms with Crippen LogP contribution in [0.3, 0.4) is 0 Å². The largest absolute Gasteiger partial charge is 0.324 e. The Morgan fingerprint density at radius 1 is 1.62 bits per heavy atom. The zero-order valence-electron chi connectivity index (χ0n) is 8.82. The lowest BCUT2D eigenvalue weighted by molar-refractivity contribution is -0.116. The fourth-order valence-corrected chi connectivity index (χ4v) is 2.13. The van der Waals surface area contributed by atoms with Crippen molar-refractivity contribution >= 4 is 27.5 Å². The summed E-state index contributed by atoms with van der Waals surface area (Å²) in [6, 6.07) is 3.63. The number of halogens is 1. The number of amides is 1. The van der Waals surface area contributed by atoms with Gasteiger partial charge in [0.2, 0.25) is 5.91 Å². The minimum absolute atomic E-state index is 0.0465. The number of anilines is 1. The Kier molecular flexibility index (Phi) is 3.72. The van der Waals surface area contributed by atoms with Gasteiger partial charge < -0.3 is 5.32 Å². The van der Waals surface area contributed by atoms with Crippen LogP contribution in [0.4, 0.5) is 5.69 Å². The van der Waals surface area contributed by atoms with Crippen molar-refractivity contribution in [2.75, 3.05) is 5.32 Å². The second kappa shape index (κ2) is 5.25. The maximum Gasteiger partial charge on any atom is 0.225 e. The van der Waals surface area contributed by atoms with E-state index in [0.717, 1.165) is 18.5 Å². The monoisotopic (exact) mass is 280 g/mol. The number of aromatic nitrogens is 1. The number of rotatable bonds is 3. The number of nitrogens with zero attached hydrogens (tertiary/aromatic N) is 1. The Balaban J connectivity index is 1.92. The van der Waals surface area contributed by atoms with Gasteiger partial charge in [0.15, 0.2) is 0 Å². The van der Waals surface area contributed by atoms with E-state index in [2.05, 4.69) is 38.4 Å². The Labute approximate surface area is 103 Å². The summed E-state index contributed by atoms with van der Waals surface area (Å²) >= 11 is 3.30. The van der Waals surface area contributed by atoms with Crippen molar-refractivity contribution in [1.82, 2.24) is 4.98 Å². The molecule has 1 heterocycles. The molecule has 1 aromatic rings. The van der Waals surface area contributed by atoms with Gasteiger partial charge in [0.1, 0.15) is 4.60 Å². The second-order valence-electron chi connectivity index (χ2n) is 3.86. The number of allylic oxidation sites excluding steroid dienone is 2. The molecule has 1 aliphatic carbocycles. The maximum absolute atomic E-state index is 11.7. The van der Waals surface area contributed by atoms with Crippen LogP contribution >= 0.6 is 15.9 Å². The quantitative estimate of drug-likeness (QED) is 0.683. The summed E-state index contributed by atoms with van der Waals surface area (Å²) in [5, 5.41) is 2.85. The van der Waals surface area contributed by atoms with E-state index in [9.17, 15) is 4.79 Å². The molecule has 0 saturated carbocycles. The fourth-order valence-electron chi connectivity index (χ4n) is 1.78. The van der Waals surface area contributed by atoms with Gasteiger partial charge in [0.25, 0.3) is 0 Å². The Bertz CT molecular complexity index is 417. The number of carbonyl (C=O) groups excluding carboxylic acids is 1. The van der Waals surface area contributed by atoms with E-state index in [0.29, 0.717) is 16.9 Å². The van der Waals surface area contributed by atoms with E-state index in [1.54, 1.807) is 12.3 Å². The van der Waals surface area contributed by atoms with E-state index in [1.165, 1.54) is 0 Å². The van der Waals surface area contributed by atoms with Gasteiger partial charge in [-0.05, 0) is 46.8 Å². The first-order valence-electron chi connectivity index (χ1n) is 5.33. The lowest BCUT2D eigenvalue weighted by Gasteiger charge is -2.09. The maximum atomic E-state index is 11.7. The van der Waals surface area contributed by atoms with Crippen LogP contribution in [0.1, 0.15) is 19.3 Å². The molecule has 1 N–H and O–H groups in total. The van der Waals surface area contributed by atoms with Crippen molar-refractivity contribution in [2.45, 2.75) is 19.3 Å². The molecular formula is C12H13BrN2O. The molecule has 4 heteroatoms. The van der Waals surface area contributed by atoms with Crippen LogP contribution in [0.2, 0.25) is 0 Å². The summed E-state index contributed by atoms with van der Waals surface area (Å²) in [6.45, 7) is 0. The molecule has 2 rings (SSSR count). The topological polar surface area (TPSA) is 42.0 Å². The first-order valence-corrected chi connectivity index (χ1v) is 6.12. The van der Waals surface area contributed by atoms with Gasteiger partial charge in [-0.15, -0.1) is 0 Å². The minimum Gasteiger partial charge on any atom is -0.324 e. The fraction of sp³-hybridized carbons (Fsp3) is 0.333. The molecule has 0 spiro atoms. The van der Waals surface area contributed by atoms with Crippen molar-refractivity contribution in [3.8, 4) is 0 Å². The number of hydrogen-bond donors (Lipinski definition) is 1. The second-order valence-corrected chi connectivity index (χ2v) is 4.61. The third kappa shape index (κ3) is 2.92. The van der Waals surface area contributed by atoms with Crippen molar-refractivity contribution in [1.29, 1.82) is 0 Å². The van der Waals surface area contributed by atoms with Gasteiger partial charge in [-0.25, -0.2) is 4.98 Å². The van der Waals surface area contributed by atoms with Crippen molar-refractivity contribution in [2.24, 2.45) is 5.92 Å². The predicted molar refractivity (Wildman–Crippen MR) is 67.0 cm³/mol. The Hall–Kier alpha value is -1.16. The van der Waals surface area contributed by atoms with Crippen LogP contribution in [0.25, 0.3) is 0 Å². The average molecular weight is 281 g/mol. The van der Waals surface area contributed by atoms with Crippen molar-refractivity contribution in [3.63, 3.8) is 0 Å². The Morgan fingerprint density at radius 3 is 3.19 bits per heavy atom. The molecule has 0 aromatic carbocycles. The van der Waals surface area contributed by atoms with Gasteiger partial charge in [0, 0.05) is 12.6 Å². The first-order chi connectivity index (χ1) is 7.75. The summed E-state index contributed by atoms with van der Waals surface area (Å²) in [4.78, 5) is 15.8. The zero-order valence-corrected chi connectivity index (χ0v) is 10.4. The molecule has 0 aliphatic heterocycles. The van der Waals surface area contributed by atoms with Gasteiger partial charge in [-0.2, -0.15) is 0 Å². The molecule has 1 aliphatic rings. The third-order valence-corrected chi connectivity index (χ3v) is 3.23. The molecule has 1 aromatic heterocycles. The average Bonchev–Trinajstić information content (AvgIpc) is 2.74. The highest BCUT2D eigenvalue weighted by atomic mass is 79.9. The highest BCUT2D eigenvalue weighted by Gasteiger charge is 2.14. The van der Waals surface area contributed by atoms with Gasteiger partial charge in [0.05, 0.1) is 5.69 Å². The van der Waals surface area contributed by atoms with Crippen molar-refractivity contribution in [3.05, 3.63) is 35.1 Å². The molecule has 1 unspecified atom stereocenters. The van der Waals surface area contributed by atoms with Crippen LogP contribution in [0, 0.1) is 5.92 Å². The van der Waals surface area contributed by atoms with Gasteiger partial charge >= 0.3 is 0 Å². The molecule has 1 atom stereocenters. The molecule has 84 valence electrons. The standard InChI is InChI=1S/C12H13BrN2O/c13-12-10(6-3-7-14-12)15-11(16)8-9-4-1-2-5-9/h1,3-4,6-7,9H,2,5,8H2,(H,15,16). The summed E-state index contributed by atoms with van der Waals surface area (Å²) in [5.41, 5.74) is 0.731. The van der Waals surface area contributed by atoms with Crippen molar-refractivity contribution < 1.29 is 4.79 Å². The lowest BCUT2D eigenvalue weighted by atomic mass is 10.1. The molecule has 0 saturated heterocycles. The normalized spacial score (nSPS) is 18.7. The smallest absolute Gasteiger partial charge is 0.225 e. The van der Waals surface area contributed by atoms with E-state index in [4.69, 9.17) is 0 Å². The van der Waals surface area contributed by atoms with Crippen LogP contribution in [0.5, 0.6) is 0 Å². The third-order valence-electron chi connectivity index (χ3n) is 2.59. The minimum atomic E-state index is 0.0465. The van der Waals surface area contributed by atoms with Gasteiger partial charge in [-0.1, -0.05) is 12.2 Å².